The molecule has 0 aliphatic heterocycles. The predicted molar refractivity (Wildman–Crippen MR) is 60.8 cm³/mol. The fourth-order valence-corrected chi connectivity index (χ4v) is 2.34. The number of nitrogens with one attached hydrogen (secondary N) is 1. The van der Waals surface area contributed by atoms with E-state index in [0.29, 0.717) is 0 Å². The minimum atomic E-state index is -4.13. The summed E-state index contributed by atoms with van der Waals surface area (Å²) in [7, 11) is -4.13. The van der Waals surface area contributed by atoms with E-state index in [0.717, 1.165) is 12.3 Å². The Morgan fingerprint density at radius 2 is 2.28 bits per heavy atom. The van der Waals surface area contributed by atoms with Crippen molar-refractivity contribution >= 4 is 16.0 Å². The third-order valence-corrected chi connectivity index (χ3v) is 3.70. The topological polar surface area (TPSA) is 96.4 Å². The van der Waals surface area contributed by atoms with Crippen LogP contribution in [-0.4, -0.2) is 31.0 Å². The van der Waals surface area contributed by atoms with Crippen LogP contribution in [0.3, 0.4) is 0 Å². The van der Waals surface area contributed by atoms with Crippen LogP contribution in [0.5, 0.6) is 0 Å². The number of halogens is 1. The Hall–Kier alpha value is -1.54. The first-order chi connectivity index (χ1) is 8.38. The van der Waals surface area contributed by atoms with Crippen molar-refractivity contribution in [2.24, 2.45) is 5.92 Å². The molecule has 0 radical (unpaired) electrons. The smallest absolute Gasteiger partial charge is 0.307 e. The van der Waals surface area contributed by atoms with E-state index in [-0.39, 0.29) is 13.0 Å². The van der Waals surface area contributed by atoms with Crippen molar-refractivity contribution in [2.45, 2.75) is 18.4 Å². The summed E-state index contributed by atoms with van der Waals surface area (Å²) < 4.78 is 38.7. The zero-order valence-corrected chi connectivity index (χ0v) is 10.4. The van der Waals surface area contributed by atoms with E-state index >= 15 is 0 Å². The second-order valence-corrected chi connectivity index (χ2v) is 5.27. The Kier molecular flexibility index (Phi) is 4.74. The van der Waals surface area contributed by atoms with Gasteiger partial charge in [-0.25, -0.2) is 22.5 Å². The molecule has 100 valence electrons. The Morgan fingerprint density at radius 3 is 2.78 bits per heavy atom. The number of carboxylic acid groups (broad SMARTS) is 1. The van der Waals surface area contributed by atoms with Gasteiger partial charge in [-0.05, 0) is 18.6 Å². The van der Waals surface area contributed by atoms with E-state index in [1.807, 2.05) is 4.72 Å². The van der Waals surface area contributed by atoms with Crippen molar-refractivity contribution in [3.05, 3.63) is 24.1 Å². The first-order valence-corrected chi connectivity index (χ1v) is 6.69. The summed E-state index contributed by atoms with van der Waals surface area (Å²) in [5.74, 6) is -2.94. The highest BCUT2D eigenvalue weighted by atomic mass is 32.2. The molecule has 0 saturated carbocycles. The standard InChI is InChI=1S/C10H13FN2O4S/c1-2-7(10(14)15)6-13-18(16,17)9-8(11)4-3-5-12-9/h3-5,7,13H,2,6H2,1H3,(H,14,15). The molecule has 0 amide bonds. The van der Waals surface area contributed by atoms with Gasteiger partial charge in [-0.3, -0.25) is 4.79 Å². The highest BCUT2D eigenvalue weighted by molar-refractivity contribution is 7.89. The molecule has 0 aliphatic carbocycles. The van der Waals surface area contributed by atoms with E-state index in [4.69, 9.17) is 5.11 Å². The largest absolute Gasteiger partial charge is 0.481 e. The van der Waals surface area contributed by atoms with Crippen LogP contribution in [-0.2, 0) is 14.8 Å². The number of hydrogen-bond donors (Lipinski definition) is 2. The highest BCUT2D eigenvalue weighted by Crippen LogP contribution is 2.10. The lowest BCUT2D eigenvalue weighted by molar-refractivity contribution is -0.141. The third kappa shape index (κ3) is 3.47. The average molecular weight is 276 g/mol. The maximum absolute atomic E-state index is 13.3. The van der Waals surface area contributed by atoms with Crippen molar-refractivity contribution < 1.29 is 22.7 Å². The highest BCUT2D eigenvalue weighted by Gasteiger charge is 2.23. The molecule has 1 unspecified atom stereocenters. The lowest BCUT2D eigenvalue weighted by Crippen LogP contribution is -2.33. The molecule has 1 aromatic rings. The summed E-state index contributed by atoms with van der Waals surface area (Å²) >= 11 is 0. The molecule has 0 aliphatic rings. The molecule has 18 heavy (non-hydrogen) atoms. The molecule has 8 heteroatoms. The summed E-state index contributed by atoms with van der Waals surface area (Å²) in [4.78, 5) is 14.2. The van der Waals surface area contributed by atoms with E-state index in [1.165, 1.54) is 6.07 Å². The Balaban J connectivity index is 2.84. The number of aromatic nitrogens is 1. The van der Waals surface area contributed by atoms with Gasteiger partial charge in [0, 0.05) is 12.7 Å². The molecule has 1 atom stereocenters. The van der Waals surface area contributed by atoms with Gasteiger partial charge in [0.1, 0.15) is 0 Å². The third-order valence-electron chi connectivity index (χ3n) is 2.34. The summed E-state index contributed by atoms with van der Waals surface area (Å²) in [5.41, 5.74) is 0. The quantitative estimate of drug-likeness (QED) is 0.793. The average Bonchev–Trinajstić information content (AvgIpc) is 2.29. The number of nitrogens with zero attached hydrogens (tertiary/aromatic N) is 1. The summed E-state index contributed by atoms with van der Waals surface area (Å²) in [6, 6.07) is 2.23. The molecular formula is C10H13FN2O4S. The van der Waals surface area contributed by atoms with Crippen LogP contribution in [0.15, 0.2) is 23.4 Å². The van der Waals surface area contributed by atoms with Gasteiger partial charge in [0.05, 0.1) is 5.92 Å². The van der Waals surface area contributed by atoms with Crippen molar-refractivity contribution in [2.75, 3.05) is 6.54 Å². The molecule has 2 N–H and O–H groups in total. The Morgan fingerprint density at radius 1 is 1.61 bits per heavy atom. The molecule has 6 nitrogen and oxygen atoms in total. The van der Waals surface area contributed by atoms with E-state index in [2.05, 4.69) is 4.98 Å². The van der Waals surface area contributed by atoms with Crippen molar-refractivity contribution in [3.8, 4) is 0 Å². The van der Waals surface area contributed by atoms with Crippen LogP contribution in [0.2, 0.25) is 0 Å². The molecule has 1 heterocycles. The number of aliphatic carboxylic acids is 1. The van der Waals surface area contributed by atoms with E-state index in [1.54, 1.807) is 6.92 Å². The molecule has 0 fully saturated rings. The van der Waals surface area contributed by atoms with E-state index in [9.17, 15) is 17.6 Å². The maximum Gasteiger partial charge on any atom is 0.307 e. The van der Waals surface area contributed by atoms with Gasteiger partial charge in [-0.1, -0.05) is 6.92 Å². The van der Waals surface area contributed by atoms with Gasteiger partial charge in [-0.2, -0.15) is 0 Å². The molecule has 0 spiro atoms. The number of hydrogen-bond acceptors (Lipinski definition) is 4. The van der Waals surface area contributed by atoms with Gasteiger partial charge in [0.15, 0.2) is 5.82 Å². The van der Waals surface area contributed by atoms with Gasteiger partial charge >= 0.3 is 5.97 Å². The number of sulfonamides is 1. The number of rotatable bonds is 6. The van der Waals surface area contributed by atoms with Crippen LogP contribution in [0.1, 0.15) is 13.3 Å². The molecule has 0 saturated heterocycles. The van der Waals surface area contributed by atoms with Crippen molar-refractivity contribution in [3.63, 3.8) is 0 Å². The van der Waals surface area contributed by atoms with Crippen LogP contribution < -0.4 is 4.72 Å². The Labute approximate surface area is 104 Å². The Bertz CT molecular complexity index is 532. The first-order valence-electron chi connectivity index (χ1n) is 5.21. The second kappa shape index (κ2) is 5.87. The summed E-state index contributed by atoms with van der Waals surface area (Å²) in [6.45, 7) is 1.32. The number of carbonyl (C=O) groups is 1. The summed E-state index contributed by atoms with van der Waals surface area (Å²) in [6.07, 6.45) is 1.41. The van der Waals surface area contributed by atoms with Gasteiger partial charge in [-0.15, -0.1) is 0 Å². The SMILES string of the molecule is CCC(CNS(=O)(=O)c1ncccc1F)C(=O)O. The van der Waals surface area contributed by atoms with Crippen LogP contribution in [0.25, 0.3) is 0 Å². The van der Waals surface area contributed by atoms with Gasteiger partial charge in [0.25, 0.3) is 10.0 Å². The van der Waals surface area contributed by atoms with Gasteiger partial charge < -0.3 is 5.11 Å². The fraction of sp³-hybridized carbons (Fsp3) is 0.400. The minimum absolute atomic E-state index is 0.266. The van der Waals surface area contributed by atoms with Crippen LogP contribution in [0.4, 0.5) is 4.39 Å². The lowest BCUT2D eigenvalue weighted by atomic mass is 10.1. The van der Waals surface area contributed by atoms with E-state index < -0.39 is 32.8 Å². The molecule has 0 aromatic carbocycles. The summed E-state index contributed by atoms with van der Waals surface area (Å²) in [5, 5.41) is 8.04. The first kappa shape index (κ1) is 14.5. The second-order valence-electron chi connectivity index (χ2n) is 3.59. The zero-order chi connectivity index (χ0) is 13.8. The fourth-order valence-electron chi connectivity index (χ4n) is 1.25. The van der Waals surface area contributed by atoms with Gasteiger partial charge in [0.2, 0.25) is 5.03 Å². The van der Waals surface area contributed by atoms with Crippen molar-refractivity contribution in [1.29, 1.82) is 0 Å². The minimum Gasteiger partial charge on any atom is -0.481 e. The number of pyridine rings is 1. The normalized spacial score (nSPS) is 13.2. The molecule has 1 rings (SSSR count). The van der Waals surface area contributed by atoms with Crippen LogP contribution in [0, 0.1) is 11.7 Å². The molecular weight excluding hydrogens is 263 g/mol. The maximum atomic E-state index is 13.3. The monoisotopic (exact) mass is 276 g/mol. The molecule has 0 bridgehead atoms. The zero-order valence-electron chi connectivity index (χ0n) is 9.63. The number of carboxylic acids is 1. The lowest BCUT2D eigenvalue weighted by Gasteiger charge is -2.11. The van der Waals surface area contributed by atoms with Crippen molar-refractivity contribution in [1.82, 2.24) is 9.71 Å². The predicted octanol–water partition coefficient (Wildman–Crippen LogP) is 0.610. The van der Waals surface area contributed by atoms with Crippen LogP contribution >= 0.6 is 0 Å². The molecule has 1 aromatic heterocycles.